The Morgan fingerprint density at radius 1 is 0.939 bits per heavy atom. The van der Waals surface area contributed by atoms with E-state index in [-0.39, 0.29) is 30.6 Å². The molecule has 49 heavy (non-hydrogen) atoms. The Labute approximate surface area is 297 Å². The molecule has 1 N–H and O–H groups in total. The van der Waals surface area contributed by atoms with Gasteiger partial charge in [0.25, 0.3) is 5.91 Å². The topological polar surface area (TPSA) is 99.1 Å². The molecule has 1 saturated heterocycles. The van der Waals surface area contributed by atoms with Crippen molar-refractivity contribution in [1.82, 2.24) is 14.8 Å². The minimum Gasteiger partial charge on any atom is -0.497 e. The quantitative estimate of drug-likeness (QED) is 0.102. The van der Waals surface area contributed by atoms with Crippen LogP contribution < -0.4 is 14.8 Å². The lowest BCUT2D eigenvalue weighted by molar-refractivity contribution is -0.142. The summed E-state index contributed by atoms with van der Waals surface area (Å²) in [7, 11) is 1.57. The molecule has 0 radical (unpaired) electrons. The fraction of sp³-hybridized carbons (Fsp3) is 0.395. The van der Waals surface area contributed by atoms with Crippen LogP contribution in [-0.4, -0.2) is 78.7 Å². The van der Waals surface area contributed by atoms with E-state index >= 15 is 0 Å². The van der Waals surface area contributed by atoms with Gasteiger partial charge >= 0.3 is 5.97 Å². The maximum atomic E-state index is 13.5. The number of halogens is 1. The maximum Gasteiger partial charge on any atom is 0.310 e. The van der Waals surface area contributed by atoms with Crippen molar-refractivity contribution in [2.24, 2.45) is 0 Å². The zero-order chi connectivity index (χ0) is 34.6. The number of piperidine rings is 1. The number of methoxy groups -OCH3 is 1. The molecule has 9 nitrogen and oxygen atoms in total. The van der Waals surface area contributed by atoms with Crippen LogP contribution in [0.25, 0.3) is 10.9 Å². The summed E-state index contributed by atoms with van der Waals surface area (Å²) in [6.45, 7) is 6.32. The molecule has 1 fully saturated rings. The van der Waals surface area contributed by atoms with Gasteiger partial charge in [0, 0.05) is 40.5 Å². The van der Waals surface area contributed by atoms with E-state index in [0.29, 0.717) is 58.4 Å². The zero-order valence-corrected chi connectivity index (χ0v) is 29.7. The number of carbonyl (C=O) groups excluding carboxylic acids is 3. The molecule has 0 atom stereocenters. The van der Waals surface area contributed by atoms with Gasteiger partial charge in [-0.25, -0.2) is 0 Å². The molecule has 1 aliphatic rings. The van der Waals surface area contributed by atoms with Crippen molar-refractivity contribution in [2.45, 2.75) is 45.6 Å². The van der Waals surface area contributed by atoms with Gasteiger partial charge in [-0.3, -0.25) is 23.9 Å². The van der Waals surface area contributed by atoms with Crippen LogP contribution in [0.4, 0.5) is 0 Å². The fourth-order valence-electron chi connectivity index (χ4n) is 6.02. The van der Waals surface area contributed by atoms with Crippen molar-refractivity contribution in [2.75, 3.05) is 51.5 Å². The van der Waals surface area contributed by atoms with Crippen LogP contribution in [0.3, 0.4) is 0 Å². The minimum atomic E-state index is -0.411. The van der Waals surface area contributed by atoms with Gasteiger partial charge in [0.2, 0.25) is 5.91 Å². The standard InChI is InChI=1S/C38H44ClN3O6S/c1-27-33(34-23-31(46-2)14-15-35(34)42(27)38(45)29-10-12-30(39)13-11-29)24-37(44)48-20-21-49-26-36(43)40-16-7-19-47-32-9-6-8-28(22-32)25-41-17-4-3-5-18-41/h6,8-15,22-23H,3-5,7,16-21,24-26H2,1-2H3,(H,40,43). The number of esters is 1. The second-order valence-electron chi connectivity index (χ2n) is 12.1. The Hall–Kier alpha value is -3.99. The number of hydrogen-bond donors (Lipinski definition) is 1. The Bertz CT molecular complexity index is 1740. The third kappa shape index (κ3) is 10.3. The maximum absolute atomic E-state index is 13.5. The van der Waals surface area contributed by atoms with Gasteiger partial charge in [0.1, 0.15) is 18.1 Å². The van der Waals surface area contributed by atoms with Gasteiger partial charge in [-0.05, 0) is 105 Å². The van der Waals surface area contributed by atoms with Crippen LogP contribution in [0.2, 0.25) is 5.02 Å². The molecule has 11 heteroatoms. The highest BCUT2D eigenvalue weighted by atomic mass is 35.5. The van der Waals surface area contributed by atoms with E-state index in [0.717, 1.165) is 30.8 Å². The van der Waals surface area contributed by atoms with Crippen LogP contribution in [0.1, 0.15) is 52.9 Å². The van der Waals surface area contributed by atoms with Crippen molar-refractivity contribution >= 4 is 52.0 Å². The van der Waals surface area contributed by atoms with Crippen molar-refractivity contribution in [1.29, 1.82) is 0 Å². The molecule has 0 spiro atoms. The predicted molar refractivity (Wildman–Crippen MR) is 195 cm³/mol. The first-order valence-electron chi connectivity index (χ1n) is 16.7. The van der Waals surface area contributed by atoms with E-state index in [2.05, 4.69) is 22.3 Å². The number of likely N-dealkylation sites (tertiary alicyclic amines) is 1. The molecule has 3 aromatic carbocycles. The summed E-state index contributed by atoms with van der Waals surface area (Å²) < 4.78 is 18.5. The Morgan fingerprint density at radius 2 is 1.73 bits per heavy atom. The van der Waals surface area contributed by atoms with E-state index in [1.807, 2.05) is 31.2 Å². The van der Waals surface area contributed by atoms with Crippen LogP contribution in [0, 0.1) is 6.92 Å². The van der Waals surface area contributed by atoms with Crippen LogP contribution in [0.15, 0.2) is 66.7 Å². The first-order valence-corrected chi connectivity index (χ1v) is 18.3. The van der Waals surface area contributed by atoms with Gasteiger partial charge < -0.3 is 19.5 Å². The van der Waals surface area contributed by atoms with E-state index in [4.69, 9.17) is 25.8 Å². The number of nitrogens with zero attached hydrogens (tertiary/aromatic N) is 2. The third-order valence-corrected chi connectivity index (χ3v) is 9.72. The molecule has 5 rings (SSSR count). The highest BCUT2D eigenvalue weighted by molar-refractivity contribution is 7.99. The van der Waals surface area contributed by atoms with E-state index in [9.17, 15) is 14.4 Å². The summed E-state index contributed by atoms with van der Waals surface area (Å²) >= 11 is 7.43. The number of amides is 1. The van der Waals surface area contributed by atoms with Crippen molar-refractivity contribution < 1.29 is 28.6 Å². The van der Waals surface area contributed by atoms with Gasteiger partial charge in [0.05, 0.1) is 31.4 Å². The highest BCUT2D eigenvalue weighted by Crippen LogP contribution is 2.31. The number of hydrogen-bond acceptors (Lipinski definition) is 8. The number of nitrogens with one attached hydrogen (secondary N) is 1. The molecule has 260 valence electrons. The molecule has 4 aromatic rings. The molecule has 0 unspecified atom stereocenters. The average molecular weight is 706 g/mol. The summed E-state index contributed by atoms with van der Waals surface area (Å²) in [5, 5.41) is 4.21. The van der Waals surface area contributed by atoms with Crippen LogP contribution >= 0.6 is 23.4 Å². The van der Waals surface area contributed by atoms with Crippen molar-refractivity contribution in [3.8, 4) is 11.5 Å². The number of ether oxygens (including phenoxy) is 3. The van der Waals surface area contributed by atoms with E-state index < -0.39 is 5.97 Å². The summed E-state index contributed by atoms with van der Waals surface area (Å²) in [6, 6.07) is 20.4. The molecule has 0 saturated carbocycles. The summed E-state index contributed by atoms with van der Waals surface area (Å²) in [6.07, 6.45) is 4.57. The first kappa shape index (κ1) is 36.3. The Balaban J connectivity index is 1.01. The molecule has 1 amide bonds. The lowest BCUT2D eigenvalue weighted by Gasteiger charge is -2.26. The largest absolute Gasteiger partial charge is 0.497 e. The number of benzene rings is 3. The van der Waals surface area contributed by atoms with E-state index in [1.54, 1.807) is 42.0 Å². The highest BCUT2D eigenvalue weighted by Gasteiger charge is 2.22. The lowest BCUT2D eigenvalue weighted by Crippen LogP contribution is -2.29. The van der Waals surface area contributed by atoms with Crippen LogP contribution in [0.5, 0.6) is 11.5 Å². The van der Waals surface area contributed by atoms with Gasteiger partial charge in [0.15, 0.2) is 0 Å². The molecule has 1 aliphatic heterocycles. The number of fused-ring (bicyclic) bond motifs is 1. The monoisotopic (exact) mass is 705 g/mol. The molecule has 0 aliphatic carbocycles. The normalized spacial score (nSPS) is 13.3. The SMILES string of the molecule is COc1ccc2c(c1)c(CC(=O)OCCSCC(=O)NCCCOc1cccc(CN3CCCCC3)c1)c(C)n2C(=O)c1ccc(Cl)cc1. The smallest absolute Gasteiger partial charge is 0.310 e. The molecular weight excluding hydrogens is 662 g/mol. The Morgan fingerprint density at radius 3 is 2.51 bits per heavy atom. The number of thioether (sulfide) groups is 1. The first-order chi connectivity index (χ1) is 23.8. The molecular formula is C38H44ClN3O6S. The average Bonchev–Trinajstić information content (AvgIpc) is 3.38. The summed E-state index contributed by atoms with van der Waals surface area (Å²) in [4.78, 5) is 41.2. The van der Waals surface area contributed by atoms with Gasteiger partial charge in [-0.2, -0.15) is 0 Å². The third-order valence-electron chi connectivity index (χ3n) is 8.55. The van der Waals surface area contributed by atoms with Gasteiger partial charge in [-0.15, -0.1) is 11.8 Å². The Kier molecular flexibility index (Phi) is 13.4. The zero-order valence-electron chi connectivity index (χ0n) is 28.2. The van der Waals surface area contributed by atoms with Crippen molar-refractivity contribution in [3.63, 3.8) is 0 Å². The second kappa shape index (κ2) is 18.1. The molecule has 2 heterocycles. The van der Waals surface area contributed by atoms with E-state index in [1.165, 1.54) is 36.6 Å². The molecule has 1 aromatic heterocycles. The number of carbonyl (C=O) groups is 3. The van der Waals surface area contributed by atoms with Gasteiger partial charge in [-0.1, -0.05) is 30.2 Å². The number of aromatic nitrogens is 1. The lowest BCUT2D eigenvalue weighted by atomic mass is 10.1. The second-order valence-corrected chi connectivity index (χ2v) is 13.6. The summed E-state index contributed by atoms with van der Waals surface area (Å²) in [5.41, 5.74) is 3.76. The van der Waals surface area contributed by atoms with Crippen molar-refractivity contribution in [3.05, 3.63) is 94.1 Å². The minimum absolute atomic E-state index is 0.00758. The number of rotatable bonds is 16. The van der Waals surface area contributed by atoms with Crippen LogP contribution in [-0.2, 0) is 27.3 Å². The summed E-state index contributed by atoms with van der Waals surface area (Å²) in [5.74, 6) is 1.54. The predicted octanol–water partition coefficient (Wildman–Crippen LogP) is 6.69. The molecule has 0 bridgehead atoms. The fourth-order valence-corrected chi connectivity index (χ4v) is 6.78.